The van der Waals surface area contributed by atoms with E-state index in [9.17, 15) is 9.90 Å². The van der Waals surface area contributed by atoms with E-state index in [0.717, 1.165) is 0 Å². The Bertz CT molecular complexity index is 763. The molecule has 6 nitrogen and oxygen atoms in total. The van der Waals surface area contributed by atoms with E-state index >= 15 is 0 Å². The maximum atomic E-state index is 10.8. The fraction of sp³-hybridized carbons (Fsp3) is 0.158. The number of nitriles is 1. The molecule has 1 unspecified atom stereocenters. The highest BCUT2D eigenvalue weighted by Crippen LogP contribution is 2.15. The summed E-state index contributed by atoms with van der Waals surface area (Å²) in [5, 5.41) is 27.4. The second kappa shape index (κ2) is 9.11. The van der Waals surface area contributed by atoms with Gasteiger partial charge in [-0.15, -0.1) is 0 Å². The van der Waals surface area contributed by atoms with Crippen LogP contribution in [-0.4, -0.2) is 35.5 Å². The molecule has 0 spiro atoms. The van der Waals surface area contributed by atoms with Crippen molar-refractivity contribution in [3.8, 4) is 17.6 Å². The van der Waals surface area contributed by atoms with Crippen molar-refractivity contribution < 1.29 is 24.5 Å². The van der Waals surface area contributed by atoms with Crippen molar-refractivity contribution in [1.29, 1.82) is 5.26 Å². The number of hydrogen-bond donors (Lipinski definition) is 2. The summed E-state index contributed by atoms with van der Waals surface area (Å²) in [6, 6.07) is 17.3. The molecule has 128 valence electrons. The van der Waals surface area contributed by atoms with Crippen molar-refractivity contribution in [3.05, 3.63) is 65.7 Å². The van der Waals surface area contributed by atoms with Gasteiger partial charge in [-0.05, 0) is 35.9 Å². The molecule has 0 amide bonds. The topological polar surface area (TPSA) is 99.8 Å². The summed E-state index contributed by atoms with van der Waals surface area (Å²) < 4.78 is 10.9. The average Bonchev–Trinajstić information content (AvgIpc) is 2.64. The molecule has 0 aromatic heterocycles. The highest BCUT2D eigenvalue weighted by Gasteiger charge is 2.08. The third-order valence-corrected chi connectivity index (χ3v) is 3.17. The van der Waals surface area contributed by atoms with E-state index in [1.165, 1.54) is 6.08 Å². The Hall–Kier alpha value is -3.30. The van der Waals surface area contributed by atoms with E-state index in [4.69, 9.17) is 19.8 Å². The van der Waals surface area contributed by atoms with Crippen molar-refractivity contribution in [2.45, 2.75) is 6.10 Å². The van der Waals surface area contributed by atoms with Gasteiger partial charge in [0.05, 0.1) is 0 Å². The Balaban J connectivity index is 1.83. The molecule has 0 bridgehead atoms. The van der Waals surface area contributed by atoms with Gasteiger partial charge in [-0.2, -0.15) is 5.26 Å². The van der Waals surface area contributed by atoms with Gasteiger partial charge in [-0.3, -0.25) is 0 Å². The maximum Gasteiger partial charge on any atom is 0.346 e. The van der Waals surface area contributed by atoms with Crippen molar-refractivity contribution >= 4 is 12.0 Å². The number of hydrogen-bond acceptors (Lipinski definition) is 5. The molecule has 0 saturated carbocycles. The summed E-state index contributed by atoms with van der Waals surface area (Å²) in [7, 11) is 0. The maximum absolute atomic E-state index is 10.8. The molecule has 6 heteroatoms. The number of carboxylic acid groups (broad SMARTS) is 1. The summed E-state index contributed by atoms with van der Waals surface area (Å²) >= 11 is 0. The summed E-state index contributed by atoms with van der Waals surface area (Å²) in [6.07, 6.45) is 0.478. The summed E-state index contributed by atoms with van der Waals surface area (Å²) in [4.78, 5) is 10.8. The van der Waals surface area contributed by atoms with Gasteiger partial charge in [-0.25, -0.2) is 4.79 Å². The van der Waals surface area contributed by atoms with Gasteiger partial charge in [0.2, 0.25) is 0 Å². The van der Waals surface area contributed by atoms with Crippen LogP contribution in [0.4, 0.5) is 0 Å². The predicted octanol–water partition coefficient (Wildman–Crippen LogP) is 2.50. The Morgan fingerprint density at radius 2 is 1.60 bits per heavy atom. The number of carboxylic acids is 1. The fourth-order valence-electron chi connectivity index (χ4n) is 1.92. The zero-order chi connectivity index (χ0) is 18.1. The van der Waals surface area contributed by atoms with Gasteiger partial charge in [0.15, 0.2) is 0 Å². The molecule has 25 heavy (non-hydrogen) atoms. The minimum absolute atomic E-state index is 0.0561. The lowest BCUT2D eigenvalue weighted by Gasteiger charge is -2.13. The quantitative estimate of drug-likeness (QED) is 0.566. The van der Waals surface area contributed by atoms with Crippen LogP contribution in [0.15, 0.2) is 60.2 Å². The lowest BCUT2D eigenvalue weighted by Crippen LogP contribution is -2.25. The second-order valence-corrected chi connectivity index (χ2v) is 5.13. The molecule has 0 saturated heterocycles. The van der Waals surface area contributed by atoms with Crippen LogP contribution in [-0.2, 0) is 4.79 Å². The SMILES string of the molecule is N#C/C(=C\c1ccc(OCC(O)COc2ccccc2)cc1)C(=O)O. The minimum atomic E-state index is -1.27. The molecule has 0 fully saturated rings. The molecule has 0 aliphatic rings. The van der Waals surface area contributed by atoms with E-state index in [-0.39, 0.29) is 18.8 Å². The van der Waals surface area contributed by atoms with Crippen molar-refractivity contribution in [1.82, 2.24) is 0 Å². The number of rotatable bonds is 8. The third-order valence-electron chi connectivity index (χ3n) is 3.17. The number of aliphatic carboxylic acids is 1. The van der Waals surface area contributed by atoms with E-state index in [0.29, 0.717) is 17.1 Å². The van der Waals surface area contributed by atoms with Crippen LogP contribution in [0.2, 0.25) is 0 Å². The molecular formula is C19H17NO5. The lowest BCUT2D eigenvalue weighted by atomic mass is 10.1. The van der Waals surface area contributed by atoms with E-state index in [1.807, 2.05) is 18.2 Å². The summed E-state index contributed by atoms with van der Waals surface area (Å²) in [5.74, 6) is -0.0847. The Labute approximate surface area is 145 Å². The summed E-state index contributed by atoms with van der Waals surface area (Å²) in [6.45, 7) is 0.162. The van der Waals surface area contributed by atoms with Crippen LogP contribution in [0.25, 0.3) is 6.08 Å². The molecule has 0 radical (unpaired) electrons. The monoisotopic (exact) mass is 339 g/mol. The van der Waals surface area contributed by atoms with Gasteiger partial charge < -0.3 is 19.7 Å². The average molecular weight is 339 g/mol. The first kappa shape index (κ1) is 18.0. The van der Waals surface area contributed by atoms with Crippen LogP contribution in [0.5, 0.6) is 11.5 Å². The Morgan fingerprint density at radius 3 is 2.12 bits per heavy atom. The smallest absolute Gasteiger partial charge is 0.346 e. The van der Waals surface area contributed by atoms with Crippen molar-refractivity contribution in [2.75, 3.05) is 13.2 Å². The van der Waals surface area contributed by atoms with Crippen molar-refractivity contribution in [3.63, 3.8) is 0 Å². The highest BCUT2D eigenvalue weighted by molar-refractivity contribution is 5.96. The van der Waals surface area contributed by atoms with E-state index < -0.39 is 12.1 Å². The number of benzene rings is 2. The molecule has 1 atom stereocenters. The molecule has 0 aliphatic heterocycles. The highest BCUT2D eigenvalue weighted by atomic mass is 16.5. The van der Waals surface area contributed by atoms with Crippen molar-refractivity contribution in [2.24, 2.45) is 0 Å². The number of nitrogens with zero attached hydrogens (tertiary/aromatic N) is 1. The molecule has 2 N–H and O–H groups in total. The molecule has 0 aliphatic carbocycles. The van der Waals surface area contributed by atoms with Crippen LogP contribution < -0.4 is 9.47 Å². The Morgan fingerprint density at radius 1 is 1.04 bits per heavy atom. The van der Waals surface area contributed by atoms with Crippen LogP contribution >= 0.6 is 0 Å². The summed E-state index contributed by atoms with van der Waals surface area (Å²) in [5.41, 5.74) is 0.224. The van der Waals surface area contributed by atoms with Crippen LogP contribution in [0.3, 0.4) is 0 Å². The van der Waals surface area contributed by atoms with Crippen LogP contribution in [0.1, 0.15) is 5.56 Å². The molecule has 2 aromatic carbocycles. The largest absolute Gasteiger partial charge is 0.491 e. The third kappa shape index (κ3) is 6.01. The van der Waals surface area contributed by atoms with Gasteiger partial charge in [0, 0.05) is 0 Å². The lowest BCUT2D eigenvalue weighted by molar-refractivity contribution is -0.132. The first-order valence-electron chi connectivity index (χ1n) is 7.52. The predicted molar refractivity (Wildman–Crippen MR) is 91.1 cm³/mol. The number of aliphatic hydroxyl groups is 1. The normalized spacial score (nSPS) is 12.1. The van der Waals surface area contributed by atoms with Gasteiger partial charge in [0.25, 0.3) is 0 Å². The number of carbonyl (C=O) groups is 1. The molecule has 2 rings (SSSR count). The van der Waals surface area contributed by atoms with E-state index in [2.05, 4.69) is 0 Å². The standard InChI is InChI=1S/C19H17NO5/c20-11-15(19(22)23)10-14-6-8-18(9-7-14)25-13-16(21)12-24-17-4-2-1-3-5-17/h1-10,16,21H,12-13H2,(H,22,23)/b15-10+. The van der Waals surface area contributed by atoms with Gasteiger partial charge in [0.1, 0.15) is 42.5 Å². The molecule has 0 heterocycles. The molecule has 2 aromatic rings. The minimum Gasteiger partial charge on any atom is -0.491 e. The number of para-hydroxylation sites is 1. The Kier molecular flexibility index (Phi) is 6.57. The van der Waals surface area contributed by atoms with Gasteiger partial charge >= 0.3 is 5.97 Å². The first-order chi connectivity index (χ1) is 12.1. The molecular weight excluding hydrogens is 322 g/mol. The second-order valence-electron chi connectivity index (χ2n) is 5.13. The zero-order valence-electron chi connectivity index (χ0n) is 13.3. The van der Waals surface area contributed by atoms with Gasteiger partial charge in [-0.1, -0.05) is 30.3 Å². The zero-order valence-corrected chi connectivity index (χ0v) is 13.3. The fourth-order valence-corrected chi connectivity index (χ4v) is 1.92. The van der Waals surface area contributed by atoms with E-state index in [1.54, 1.807) is 42.5 Å². The van der Waals surface area contributed by atoms with Crippen LogP contribution in [0, 0.1) is 11.3 Å². The number of ether oxygens (including phenoxy) is 2. The number of aliphatic hydroxyl groups excluding tert-OH is 1. The first-order valence-corrected chi connectivity index (χ1v) is 7.52.